The summed E-state index contributed by atoms with van der Waals surface area (Å²) in [4.78, 5) is 15.5. The van der Waals surface area contributed by atoms with Crippen molar-refractivity contribution in [1.29, 1.82) is 0 Å². The van der Waals surface area contributed by atoms with Crippen LogP contribution in [0.3, 0.4) is 0 Å². The van der Waals surface area contributed by atoms with E-state index in [4.69, 9.17) is 9.15 Å². The van der Waals surface area contributed by atoms with Crippen LogP contribution in [-0.4, -0.2) is 42.0 Å². The lowest BCUT2D eigenvalue weighted by Crippen LogP contribution is -2.38. The van der Waals surface area contributed by atoms with E-state index in [1.165, 1.54) is 0 Å². The zero-order valence-corrected chi connectivity index (χ0v) is 20.1. The van der Waals surface area contributed by atoms with Crippen LogP contribution in [0.15, 0.2) is 51.4 Å². The SMILES string of the molecule is CN=C(NCc1coc(-c2ccccc2)n1)N(C)Cc1csc(C(C)OC)n1.I. The van der Waals surface area contributed by atoms with E-state index in [1.807, 2.05) is 49.2 Å². The largest absolute Gasteiger partial charge is 0.444 e. The van der Waals surface area contributed by atoms with Crippen LogP contribution in [0.5, 0.6) is 0 Å². The Morgan fingerprint density at radius 1 is 1.28 bits per heavy atom. The lowest BCUT2D eigenvalue weighted by atomic mass is 10.2. The molecule has 0 spiro atoms. The molecule has 0 saturated carbocycles. The number of nitrogens with one attached hydrogen (secondary N) is 1. The zero-order chi connectivity index (χ0) is 19.9. The van der Waals surface area contributed by atoms with E-state index in [0.29, 0.717) is 19.0 Å². The first-order chi connectivity index (χ1) is 13.6. The van der Waals surface area contributed by atoms with Crippen LogP contribution >= 0.6 is 35.3 Å². The summed E-state index contributed by atoms with van der Waals surface area (Å²) in [6.45, 7) is 3.17. The van der Waals surface area contributed by atoms with Gasteiger partial charge in [0.2, 0.25) is 5.89 Å². The molecule has 1 aromatic carbocycles. The van der Waals surface area contributed by atoms with Gasteiger partial charge >= 0.3 is 0 Å². The molecule has 0 aliphatic heterocycles. The lowest BCUT2D eigenvalue weighted by Gasteiger charge is -2.20. The molecule has 156 valence electrons. The molecule has 0 amide bonds. The van der Waals surface area contributed by atoms with E-state index in [-0.39, 0.29) is 30.1 Å². The quantitative estimate of drug-likeness (QED) is 0.280. The summed E-state index contributed by atoms with van der Waals surface area (Å²) >= 11 is 1.61. The number of hydrogen-bond acceptors (Lipinski definition) is 6. The molecule has 29 heavy (non-hydrogen) atoms. The van der Waals surface area contributed by atoms with Crippen molar-refractivity contribution in [3.8, 4) is 11.5 Å². The van der Waals surface area contributed by atoms with Crippen molar-refractivity contribution in [2.75, 3.05) is 21.2 Å². The van der Waals surface area contributed by atoms with Crippen LogP contribution in [0.4, 0.5) is 0 Å². The Hall–Kier alpha value is -1.98. The highest BCUT2D eigenvalue weighted by Gasteiger charge is 2.13. The molecule has 0 saturated heterocycles. The van der Waals surface area contributed by atoms with Gasteiger partial charge in [-0.2, -0.15) is 0 Å². The molecule has 2 aromatic heterocycles. The topological polar surface area (TPSA) is 75.8 Å². The van der Waals surface area contributed by atoms with E-state index in [2.05, 4.69) is 25.7 Å². The number of oxazole rings is 1. The second-order valence-electron chi connectivity index (χ2n) is 6.32. The van der Waals surface area contributed by atoms with Crippen LogP contribution < -0.4 is 5.32 Å². The fourth-order valence-corrected chi connectivity index (χ4v) is 3.50. The van der Waals surface area contributed by atoms with Crippen LogP contribution in [-0.2, 0) is 17.8 Å². The van der Waals surface area contributed by atoms with Gasteiger partial charge in [0.05, 0.1) is 24.5 Å². The van der Waals surface area contributed by atoms with Gasteiger partial charge in [0.1, 0.15) is 17.4 Å². The highest BCUT2D eigenvalue weighted by molar-refractivity contribution is 14.0. The number of benzene rings is 1. The normalized spacial score (nSPS) is 12.3. The molecule has 2 heterocycles. The first-order valence-electron chi connectivity index (χ1n) is 8.99. The molecule has 3 rings (SSSR count). The van der Waals surface area contributed by atoms with Gasteiger partial charge in [-0.05, 0) is 19.1 Å². The number of nitrogens with zero attached hydrogens (tertiary/aromatic N) is 4. The minimum Gasteiger partial charge on any atom is -0.444 e. The Morgan fingerprint density at radius 2 is 2.03 bits per heavy atom. The number of rotatable bonds is 7. The second-order valence-corrected chi connectivity index (χ2v) is 7.21. The first-order valence-corrected chi connectivity index (χ1v) is 9.87. The van der Waals surface area contributed by atoms with Gasteiger partial charge in [0.25, 0.3) is 0 Å². The van der Waals surface area contributed by atoms with Crippen molar-refractivity contribution in [2.24, 2.45) is 4.99 Å². The van der Waals surface area contributed by atoms with Crippen molar-refractivity contribution in [1.82, 2.24) is 20.2 Å². The number of guanidine groups is 1. The fourth-order valence-electron chi connectivity index (χ4n) is 2.66. The van der Waals surface area contributed by atoms with Crippen LogP contribution in [0.1, 0.15) is 29.4 Å². The van der Waals surface area contributed by atoms with Gasteiger partial charge in [-0.25, -0.2) is 9.97 Å². The first kappa shape index (κ1) is 23.3. The number of thiazole rings is 1. The Bertz CT molecular complexity index is 913. The minimum atomic E-state index is 0. The summed E-state index contributed by atoms with van der Waals surface area (Å²) in [7, 11) is 5.43. The second kappa shape index (κ2) is 11.3. The van der Waals surface area contributed by atoms with Crippen molar-refractivity contribution >= 4 is 41.3 Å². The van der Waals surface area contributed by atoms with Gasteiger partial charge in [-0.1, -0.05) is 18.2 Å². The number of aromatic nitrogens is 2. The molecule has 0 bridgehead atoms. The zero-order valence-electron chi connectivity index (χ0n) is 17.0. The average Bonchev–Trinajstić information content (AvgIpc) is 3.38. The molecule has 0 fully saturated rings. The Morgan fingerprint density at radius 3 is 2.72 bits per heavy atom. The van der Waals surface area contributed by atoms with Gasteiger partial charge in [0.15, 0.2) is 5.96 Å². The molecular formula is C20H26IN5O2S. The molecular weight excluding hydrogens is 501 g/mol. The van der Waals surface area contributed by atoms with Crippen LogP contribution in [0, 0.1) is 0 Å². The minimum absolute atomic E-state index is 0. The predicted octanol–water partition coefficient (Wildman–Crippen LogP) is 4.33. The molecule has 0 aliphatic carbocycles. The van der Waals surface area contributed by atoms with E-state index in [0.717, 1.165) is 27.9 Å². The number of methoxy groups -OCH3 is 1. The molecule has 3 aromatic rings. The summed E-state index contributed by atoms with van der Waals surface area (Å²) in [6, 6.07) is 9.84. The molecule has 7 nitrogen and oxygen atoms in total. The number of aliphatic imine (C=N–C) groups is 1. The maximum absolute atomic E-state index is 5.58. The molecule has 9 heteroatoms. The van der Waals surface area contributed by atoms with E-state index >= 15 is 0 Å². The monoisotopic (exact) mass is 527 g/mol. The smallest absolute Gasteiger partial charge is 0.226 e. The Labute approximate surface area is 192 Å². The van der Waals surface area contributed by atoms with Gasteiger partial charge in [0, 0.05) is 32.1 Å². The summed E-state index contributed by atoms with van der Waals surface area (Å²) in [5.74, 6) is 1.38. The van der Waals surface area contributed by atoms with Crippen LogP contribution in [0.2, 0.25) is 0 Å². The summed E-state index contributed by atoms with van der Waals surface area (Å²) in [5, 5.41) is 6.35. The highest BCUT2D eigenvalue weighted by Crippen LogP contribution is 2.21. The van der Waals surface area contributed by atoms with Crippen molar-refractivity contribution < 1.29 is 9.15 Å². The number of hydrogen-bond donors (Lipinski definition) is 1. The third kappa shape index (κ3) is 6.25. The maximum Gasteiger partial charge on any atom is 0.226 e. The van der Waals surface area contributed by atoms with E-state index in [9.17, 15) is 0 Å². The fraction of sp³-hybridized carbons (Fsp3) is 0.350. The maximum atomic E-state index is 5.58. The summed E-state index contributed by atoms with van der Waals surface area (Å²) < 4.78 is 10.9. The third-order valence-corrected chi connectivity index (χ3v) is 5.30. The molecule has 1 unspecified atom stereocenters. The highest BCUT2D eigenvalue weighted by atomic mass is 127. The third-order valence-electron chi connectivity index (χ3n) is 4.24. The van der Waals surface area contributed by atoms with E-state index < -0.39 is 0 Å². The molecule has 0 radical (unpaired) electrons. The van der Waals surface area contributed by atoms with Crippen molar-refractivity contribution in [3.63, 3.8) is 0 Å². The number of halogens is 1. The Balaban J connectivity index is 0.00000300. The Kier molecular flexibility index (Phi) is 9.05. The molecule has 1 N–H and O–H groups in total. The van der Waals surface area contributed by atoms with Crippen molar-refractivity contribution in [3.05, 3.63) is 58.4 Å². The predicted molar refractivity (Wildman–Crippen MR) is 127 cm³/mol. The van der Waals surface area contributed by atoms with Crippen molar-refractivity contribution in [2.45, 2.75) is 26.1 Å². The standard InChI is InChI=1S/C20H25N5O2S.HI/c1-14(26-4)19-24-17(13-28-19)11-25(3)20(21-2)22-10-16-12-27-18(23-16)15-8-6-5-7-9-15;/h5-9,12-14H,10-11H2,1-4H3,(H,21,22);1H. The van der Waals surface area contributed by atoms with Gasteiger partial charge < -0.3 is 19.4 Å². The number of ether oxygens (including phenoxy) is 1. The van der Waals surface area contributed by atoms with Gasteiger partial charge in [-0.15, -0.1) is 35.3 Å². The summed E-state index contributed by atoms with van der Waals surface area (Å²) in [5.41, 5.74) is 2.76. The van der Waals surface area contributed by atoms with Gasteiger partial charge in [-0.3, -0.25) is 4.99 Å². The average molecular weight is 527 g/mol. The van der Waals surface area contributed by atoms with Crippen LogP contribution in [0.25, 0.3) is 11.5 Å². The lowest BCUT2D eigenvalue weighted by molar-refractivity contribution is 0.119. The van der Waals surface area contributed by atoms with E-state index in [1.54, 1.807) is 31.8 Å². The molecule has 1 atom stereocenters. The molecule has 0 aliphatic rings. The summed E-state index contributed by atoms with van der Waals surface area (Å²) in [6.07, 6.45) is 1.68.